The Balaban J connectivity index is 1.76. The van der Waals surface area contributed by atoms with E-state index in [1.54, 1.807) is 0 Å². The van der Waals surface area contributed by atoms with E-state index in [9.17, 15) is 9.59 Å². The van der Waals surface area contributed by atoms with Crippen LogP contribution in [-0.2, 0) is 4.79 Å². The molecule has 0 aliphatic carbocycles. The minimum atomic E-state index is -0.227. The molecule has 1 aromatic heterocycles. The fraction of sp³-hybridized carbons (Fsp3) is 0.240. The van der Waals surface area contributed by atoms with Gasteiger partial charge >= 0.3 is 0 Å². The highest BCUT2D eigenvalue weighted by atomic mass is 32.2. The zero-order valence-corrected chi connectivity index (χ0v) is 19.3. The van der Waals surface area contributed by atoms with Crippen molar-refractivity contribution in [1.29, 1.82) is 0 Å². The number of carbonyl (C=O) groups excluding carboxylic acids is 2. The molecular weight excluding hydrogens is 406 g/mol. The van der Waals surface area contributed by atoms with Gasteiger partial charge in [0.25, 0.3) is 5.91 Å². The molecule has 0 spiro atoms. The summed E-state index contributed by atoms with van der Waals surface area (Å²) >= 11 is 1.27. The van der Waals surface area contributed by atoms with E-state index >= 15 is 0 Å². The molecule has 0 fully saturated rings. The predicted octanol–water partition coefficient (Wildman–Crippen LogP) is 5.61. The molecule has 0 unspecified atom stereocenters. The lowest BCUT2D eigenvalue weighted by molar-refractivity contribution is -0.113. The van der Waals surface area contributed by atoms with Crippen molar-refractivity contribution < 1.29 is 9.59 Å². The molecule has 2 N–H and O–H groups in total. The Morgan fingerprint density at radius 3 is 2.29 bits per heavy atom. The first-order chi connectivity index (χ1) is 14.7. The average molecular weight is 434 g/mol. The van der Waals surface area contributed by atoms with E-state index in [1.165, 1.54) is 17.3 Å². The largest absolute Gasteiger partial charge is 0.325 e. The van der Waals surface area contributed by atoms with Crippen LogP contribution in [0.1, 0.15) is 38.3 Å². The highest BCUT2D eigenvalue weighted by Gasteiger charge is 2.19. The number of nitrogens with one attached hydrogen (secondary N) is 2. The van der Waals surface area contributed by atoms with Crippen LogP contribution in [0.5, 0.6) is 0 Å². The van der Waals surface area contributed by atoms with Gasteiger partial charge < -0.3 is 10.6 Å². The Bertz CT molecular complexity index is 1140. The van der Waals surface area contributed by atoms with E-state index in [0.29, 0.717) is 10.6 Å². The van der Waals surface area contributed by atoms with Crippen LogP contribution in [0.2, 0.25) is 0 Å². The Morgan fingerprint density at radius 1 is 0.839 bits per heavy atom. The van der Waals surface area contributed by atoms with Gasteiger partial charge in [-0.1, -0.05) is 30.0 Å². The van der Waals surface area contributed by atoms with Crippen LogP contribution in [0.3, 0.4) is 0 Å². The van der Waals surface area contributed by atoms with Crippen molar-refractivity contribution in [3.8, 4) is 0 Å². The van der Waals surface area contributed by atoms with E-state index in [-0.39, 0.29) is 17.6 Å². The second kappa shape index (κ2) is 9.79. The van der Waals surface area contributed by atoms with Gasteiger partial charge in [-0.2, -0.15) is 0 Å². The summed E-state index contributed by atoms with van der Waals surface area (Å²) in [7, 11) is 0. The van der Waals surface area contributed by atoms with E-state index in [2.05, 4.69) is 15.6 Å². The third-order valence-corrected chi connectivity index (χ3v) is 5.92. The molecule has 31 heavy (non-hydrogen) atoms. The molecule has 0 bridgehead atoms. The lowest BCUT2D eigenvalue weighted by atomic mass is 10.1. The second-order valence-electron chi connectivity index (χ2n) is 7.72. The maximum Gasteiger partial charge on any atom is 0.258 e. The van der Waals surface area contributed by atoms with Crippen LogP contribution >= 0.6 is 11.8 Å². The summed E-state index contributed by atoms with van der Waals surface area (Å²) in [5.41, 5.74) is 6.98. The molecule has 2 aromatic carbocycles. The summed E-state index contributed by atoms with van der Waals surface area (Å²) in [5.74, 6) is -0.208. The number of benzene rings is 2. The smallest absolute Gasteiger partial charge is 0.258 e. The van der Waals surface area contributed by atoms with Crippen molar-refractivity contribution in [3.63, 3.8) is 0 Å². The first-order valence-corrected chi connectivity index (χ1v) is 11.1. The number of aromatic nitrogens is 1. The molecule has 6 heteroatoms. The number of amides is 2. The molecular formula is C25H27N3O2S. The van der Waals surface area contributed by atoms with E-state index in [1.807, 2.05) is 83.1 Å². The fourth-order valence-corrected chi connectivity index (χ4v) is 4.20. The molecule has 0 aliphatic rings. The number of rotatable bonds is 6. The lowest BCUT2D eigenvalue weighted by Gasteiger charge is -2.14. The molecule has 2 amide bonds. The quantitative estimate of drug-likeness (QED) is 0.496. The van der Waals surface area contributed by atoms with Crippen molar-refractivity contribution in [2.24, 2.45) is 0 Å². The van der Waals surface area contributed by atoms with Crippen molar-refractivity contribution in [2.75, 3.05) is 16.4 Å². The van der Waals surface area contributed by atoms with Gasteiger partial charge in [0.2, 0.25) is 5.91 Å². The van der Waals surface area contributed by atoms with Gasteiger partial charge in [0.1, 0.15) is 5.03 Å². The normalized spacial score (nSPS) is 10.6. The van der Waals surface area contributed by atoms with Gasteiger partial charge in [-0.05, 0) is 87.2 Å². The Hall–Kier alpha value is -3.12. The molecule has 0 atom stereocenters. The number of carbonyl (C=O) groups is 2. The molecule has 3 rings (SSSR count). The molecule has 3 aromatic rings. The number of hydrogen-bond donors (Lipinski definition) is 2. The zero-order valence-electron chi connectivity index (χ0n) is 18.5. The van der Waals surface area contributed by atoms with Crippen LogP contribution in [0, 0.1) is 34.6 Å². The Kier molecular flexibility index (Phi) is 7.13. The first kappa shape index (κ1) is 22.6. The van der Waals surface area contributed by atoms with Crippen molar-refractivity contribution in [2.45, 2.75) is 39.6 Å². The molecule has 5 nitrogen and oxygen atoms in total. The van der Waals surface area contributed by atoms with Crippen LogP contribution in [-0.4, -0.2) is 22.6 Å². The monoisotopic (exact) mass is 433 g/mol. The third-order valence-electron chi connectivity index (χ3n) is 4.95. The van der Waals surface area contributed by atoms with Gasteiger partial charge in [0, 0.05) is 17.1 Å². The van der Waals surface area contributed by atoms with Gasteiger partial charge in [-0.25, -0.2) is 4.98 Å². The SMILES string of the molecule is Cc1cccc(NC(=O)CSc2nc(C)cc(C)c2C(=O)Nc2ccc(C)c(C)c2)c1. The number of nitrogens with zero attached hydrogens (tertiary/aromatic N) is 1. The summed E-state index contributed by atoms with van der Waals surface area (Å²) in [5, 5.41) is 6.42. The molecule has 0 radical (unpaired) electrons. The molecule has 0 saturated heterocycles. The predicted molar refractivity (Wildman–Crippen MR) is 128 cm³/mol. The summed E-state index contributed by atoms with van der Waals surface area (Å²) in [4.78, 5) is 30.1. The number of aryl methyl sites for hydroxylation is 5. The van der Waals surface area contributed by atoms with Gasteiger partial charge in [0.15, 0.2) is 0 Å². The summed E-state index contributed by atoms with van der Waals surface area (Å²) in [6, 6.07) is 15.4. The van der Waals surface area contributed by atoms with Crippen molar-refractivity contribution in [3.05, 3.63) is 82.0 Å². The Morgan fingerprint density at radius 2 is 1.58 bits per heavy atom. The highest BCUT2D eigenvalue weighted by molar-refractivity contribution is 8.00. The second-order valence-corrected chi connectivity index (χ2v) is 8.68. The van der Waals surface area contributed by atoms with E-state index in [4.69, 9.17) is 0 Å². The molecule has 1 heterocycles. The van der Waals surface area contributed by atoms with Gasteiger partial charge in [-0.15, -0.1) is 0 Å². The number of hydrogen-bond acceptors (Lipinski definition) is 4. The molecule has 0 aliphatic heterocycles. The van der Waals surface area contributed by atoms with Gasteiger partial charge in [0.05, 0.1) is 11.3 Å². The lowest BCUT2D eigenvalue weighted by Crippen LogP contribution is -2.18. The van der Waals surface area contributed by atoms with Crippen LogP contribution < -0.4 is 10.6 Å². The standard InChI is InChI=1S/C25H27N3O2S/c1-15-7-6-8-20(11-15)27-22(29)14-31-25-23(18(4)12-19(5)26-25)24(30)28-21-10-9-16(2)17(3)13-21/h6-13H,14H2,1-5H3,(H,27,29)(H,28,30). The zero-order chi connectivity index (χ0) is 22.5. The third kappa shape index (κ3) is 5.95. The Labute approximate surface area is 187 Å². The summed E-state index contributed by atoms with van der Waals surface area (Å²) in [6.07, 6.45) is 0. The number of anilines is 2. The minimum absolute atomic E-state index is 0.142. The van der Waals surface area contributed by atoms with Crippen LogP contribution in [0.4, 0.5) is 11.4 Å². The maximum atomic E-state index is 13.1. The summed E-state index contributed by atoms with van der Waals surface area (Å²) in [6.45, 7) is 9.79. The van der Waals surface area contributed by atoms with E-state index in [0.717, 1.165) is 33.8 Å². The maximum absolute atomic E-state index is 13.1. The summed E-state index contributed by atoms with van der Waals surface area (Å²) < 4.78 is 0. The minimum Gasteiger partial charge on any atom is -0.325 e. The van der Waals surface area contributed by atoms with Crippen molar-refractivity contribution in [1.82, 2.24) is 4.98 Å². The number of pyridine rings is 1. The topological polar surface area (TPSA) is 71.1 Å². The highest BCUT2D eigenvalue weighted by Crippen LogP contribution is 2.26. The van der Waals surface area contributed by atoms with Gasteiger partial charge in [-0.3, -0.25) is 9.59 Å². The fourth-order valence-electron chi connectivity index (χ4n) is 3.25. The number of thioether (sulfide) groups is 1. The van der Waals surface area contributed by atoms with E-state index < -0.39 is 0 Å². The first-order valence-electron chi connectivity index (χ1n) is 10.1. The van der Waals surface area contributed by atoms with Crippen LogP contribution in [0.15, 0.2) is 53.6 Å². The van der Waals surface area contributed by atoms with Crippen molar-refractivity contribution >= 4 is 35.0 Å². The molecule has 0 saturated carbocycles. The van der Waals surface area contributed by atoms with Crippen LogP contribution in [0.25, 0.3) is 0 Å². The average Bonchev–Trinajstić information content (AvgIpc) is 2.68. The molecule has 160 valence electrons.